The van der Waals surface area contributed by atoms with Crippen LogP contribution in [0.5, 0.6) is 0 Å². The van der Waals surface area contributed by atoms with E-state index in [-0.39, 0.29) is 29.8 Å². The first-order valence-corrected chi connectivity index (χ1v) is 16.5. The highest BCUT2D eigenvalue weighted by atomic mass is 16.7. The molecule has 0 saturated carbocycles. The van der Waals surface area contributed by atoms with Gasteiger partial charge in [-0.3, -0.25) is 19.8 Å². The van der Waals surface area contributed by atoms with Crippen LogP contribution < -0.4 is 10.6 Å². The molecule has 12 heteroatoms. The molecule has 3 aliphatic heterocycles. The lowest BCUT2D eigenvalue weighted by molar-refractivity contribution is -0.384. The highest BCUT2D eigenvalue weighted by Crippen LogP contribution is 2.51. The predicted molar refractivity (Wildman–Crippen MR) is 176 cm³/mol. The highest BCUT2D eigenvalue weighted by molar-refractivity contribution is 5.94. The van der Waals surface area contributed by atoms with Gasteiger partial charge in [-0.2, -0.15) is 0 Å². The zero-order chi connectivity index (χ0) is 34.1. The second kappa shape index (κ2) is 13.9. The molecule has 1 saturated heterocycles. The third-order valence-electron chi connectivity index (χ3n) is 10.6. The number of carboxylic acid groups (broad SMARTS) is 1. The van der Waals surface area contributed by atoms with Gasteiger partial charge in [-0.1, -0.05) is 23.8 Å². The number of nitro benzene ring substituents is 1. The number of carbonyl (C=O) groups is 2. The van der Waals surface area contributed by atoms with E-state index >= 15 is 0 Å². The van der Waals surface area contributed by atoms with Crippen LogP contribution in [0.25, 0.3) is 0 Å². The molecule has 1 aromatic carbocycles. The fraction of sp³-hybridized carbons (Fsp3) is 0.600. The fourth-order valence-electron chi connectivity index (χ4n) is 8.15. The lowest BCUT2D eigenvalue weighted by atomic mass is 9.60. The molecule has 12 nitrogen and oxygen atoms in total. The van der Waals surface area contributed by atoms with Crippen molar-refractivity contribution in [3.63, 3.8) is 0 Å². The van der Waals surface area contributed by atoms with Crippen molar-refractivity contribution in [2.24, 2.45) is 5.41 Å². The van der Waals surface area contributed by atoms with Crippen molar-refractivity contribution < 1.29 is 33.8 Å². The lowest BCUT2D eigenvalue weighted by Crippen LogP contribution is -2.58. The van der Waals surface area contributed by atoms with Gasteiger partial charge in [-0.25, -0.2) is 4.79 Å². The number of benzene rings is 1. The van der Waals surface area contributed by atoms with Gasteiger partial charge in [0.15, 0.2) is 5.79 Å². The summed E-state index contributed by atoms with van der Waals surface area (Å²) >= 11 is 0. The van der Waals surface area contributed by atoms with E-state index in [1.807, 2.05) is 6.08 Å². The highest BCUT2D eigenvalue weighted by Gasteiger charge is 2.56. The normalized spacial score (nSPS) is 28.8. The number of hydrogen-bond acceptors (Lipinski definition) is 10. The van der Waals surface area contributed by atoms with Crippen molar-refractivity contribution in [1.82, 2.24) is 15.5 Å². The maximum absolute atomic E-state index is 13.6. The van der Waals surface area contributed by atoms with E-state index in [0.29, 0.717) is 24.2 Å². The van der Waals surface area contributed by atoms with Crippen molar-refractivity contribution >= 4 is 17.6 Å². The van der Waals surface area contributed by atoms with Crippen LogP contribution in [0.3, 0.4) is 0 Å². The van der Waals surface area contributed by atoms with Gasteiger partial charge in [0, 0.05) is 75.6 Å². The van der Waals surface area contributed by atoms with Crippen LogP contribution in [0.4, 0.5) is 5.69 Å². The van der Waals surface area contributed by atoms with E-state index in [1.165, 1.54) is 29.3 Å². The topological polar surface area (TPSA) is 152 Å². The first-order chi connectivity index (χ1) is 22.4. The number of rotatable bonds is 11. The molecule has 4 aliphatic rings. The monoisotopic (exact) mass is 652 g/mol. The van der Waals surface area contributed by atoms with E-state index in [9.17, 15) is 24.8 Å². The summed E-state index contributed by atoms with van der Waals surface area (Å²) in [6.45, 7) is 9.28. The Kier molecular flexibility index (Phi) is 10.3. The molecule has 1 aromatic rings. The Hall–Kier alpha value is -3.58. The Bertz CT molecular complexity index is 1480. The Labute approximate surface area is 276 Å². The number of piperidine rings is 1. The molecule has 5 atom stereocenters. The van der Waals surface area contributed by atoms with Gasteiger partial charge >= 0.3 is 11.9 Å². The van der Waals surface area contributed by atoms with Crippen LogP contribution in [-0.2, 0) is 23.8 Å². The molecule has 0 spiro atoms. The molecule has 47 heavy (non-hydrogen) atoms. The molecule has 0 bridgehead atoms. The zero-order valence-electron chi connectivity index (χ0n) is 28.2. The molecule has 3 heterocycles. The van der Waals surface area contributed by atoms with E-state index in [2.05, 4.69) is 21.6 Å². The number of aliphatic carboxylic acids is 1. The number of methoxy groups -OCH3 is 2. The van der Waals surface area contributed by atoms with Crippen molar-refractivity contribution in [2.75, 3.05) is 33.9 Å². The Morgan fingerprint density at radius 3 is 2.64 bits per heavy atom. The molecule has 0 aromatic heterocycles. The summed E-state index contributed by atoms with van der Waals surface area (Å²) in [6, 6.07) is 5.76. The minimum Gasteiger partial charge on any atom is -0.481 e. The van der Waals surface area contributed by atoms with Gasteiger partial charge in [0.1, 0.15) is 0 Å². The summed E-state index contributed by atoms with van der Waals surface area (Å²) in [6.07, 6.45) is 7.38. The summed E-state index contributed by atoms with van der Waals surface area (Å²) in [5.41, 5.74) is 2.08. The third-order valence-corrected chi connectivity index (χ3v) is 10.6. The smallest absolute Gasteiger partial charge is 0.336 e. The molecule has 0 amide bonds. The number of carbonyl (C=O) groups excluding carboxylic acids is 1. The number of esters is 1. The van der Waals surface area contributed by atoms with Crippen LogP contribution in [0.2, 0.25) is 0 Å². The second-order valence-corrected chi connectivity index (χ2v) is 13.5. The van der Waals surface area contributed by atoms with Gasteiger partial charge in [0.25, 0.3) is 5.69 Å². The number of nitrogens with one attached hydrogen (secondary N) is 2. The molecule has 0 radical (unpaired) electrons. The number of carboxylic acids is 1. The van der Waals surface area contributed by atoms with Crippen molar-refractivity contribution in [2.45, 2.75) is 95.7 Å². The number of fused-ring (bicyclic) bond motifs is 2. The summed E-state index contributed by atoms with van der Waals surface area (Å²) in [4.78, 5) is 40.9. The number of nitrogens with zero attached hydrogens (tertiary/aromatic N) is 2. The average Bonchev–Trinajstić information content (AvgIpc) is 3.04. The largest absolute Gasteiger partial charge is 0.481 e. The molecular formula is C35H48N4O8. The Morgan fingerprint density at radius 1 is 1.23 bits per heavy atom. The van der Waals surface area contributed by atoms with Crippen LogP contribution >= 0.6 is 0 Å². The van der Waals surface area contributed by atoms with Gasteiger partial charge in [-0.05, 0) is 77.1 Å². The van der Waals surface area contributed by atoms with E-state index in [0.717, 1.165) is 32.4 Å². The number of hydrogen-bond donors (Lipinski definition) is 3. The third kappa shape index (κ3) is 6.61. The quantitative estimate of drug-likeness (QED) is 0.135. The molecule has 256 valence electrons. The van der Waals surface area contributed by atoms with Crippen LogP contribution in [0, 0.1) is 15.5 Å². The first kappa shape index (κ1) is 34.7. The molecular weight excluding hydrogens is 604 g/mol. The summed E-state index contributed by atoms with van der Waals surface area (Å²) in [5.74, 6) is -3.42. The number of allylic oxidation sites excluding steroid dienone is 1. The number of ether oxygens (including phenoxy) is 3. The Balaban J connectivity index is 1.42. The predicted octanol–water partition coefficient (Wildman–Crippen LogP) is 4.43. The molecule has 5 rings (SSSR count). The van der Waals surface area contributed by atoms with Gasteiger partial charge in [0.05, 0.1) is 22.0 Å². The fourth-order valence-corrected chi connectivity index (χ4v) is 8.15. The standard InChI is InChI=1S/C35H48N4O8/c1-21(2)47-32(40)30-22(3)37-23(4)35(33(41)42,31(30)24-8-7-9-27(18-24)39(43)44)14-15-36-26-12-17-38-16-11-25-20-34(45-5,46-6)13-10-28(25)29(38)19-26/h7-10,13,18,21,23,26,29,31,36-37H,11-12,14-17,19-20H2,1-6H3,(H,41,42). The molecule has 5 unspecified atom stereocenters. The number of nitro groups is 1. The Morgan fingerprint density at radius 2 is 1.98 bits per heavy atom. The summed E-state index contributed by atoms with van der Waals surface area (Å²) < 4.78 is 17.0. The molecule has 3 N–H and O–H groups in total. The summed E-state index contributed by atoms with van der Waals surface area (Å²) in [7, 11) is 3.33. The molecule has 1 aliphatic carbocycles. The lowest BCUT2D eigenvalue weighted by Gasteiger charge is -2.48. The SMILES string of the molecule is COC1(OC)C=CC2=C(CCN3CCC(NCCC4(C(=O)O)C(C)NC(C)=C(C(=O)OC(C)C)C4c4cccc([N+](=O)[O-])c4)CC23)C1. The first-order valence-electron chi connectivity index (χ1n) is 16.5. The van der Waals surface area contributed by atoms with Crippen molar-refractivity contribution in [1.29, 1.82) is 0 Å². The van der Waals surface area contributed by atoms with Crippen LogP contribution in [-0.4, -0.2) is 90.7 Å². The maximum atomic E-state index is 13.6. The van der Waals surface area contributed by atoms with E-state index < -0.39 is 46.1 Å². The minimum absolute atomic E-state index is 0.157. The van der Waals surface area contributed by atoms with E-state index in [1.54, 1.807) is 48.0 Å². The zero-order valence-corrected chi connectivity index (χ0v) is 28.2. The van der Waals surface area contributed by atoms with Gasteiger partial charge in [0.2, 0.25) is 0 Å². The van der Waals surface area contributed by atoms with Gasteiger partial charge < -0.3 is 30.0 Å². The molecule has 1 fully saturated rings. The minimum atomic E-state index is -1.51. The van der Waals surface area contributed by atoms with Crippen molar-refractivity contribution in [3.05, 3.63) is 74.5 Å². The number of non-ortho nitro benzene ring substituents is 1. The van der Waals surface area contributed by atoms with Crippen LogP contribution in [0.1, 0.15) is 71.3 Å². The average molecular weight is 653 g/mol. The van der Waals surface area contributed by atoms with Gasteiger partial charge in [-0.15, -0.1) is 0 Å². The maximum Gasteiger partial charge on any atom is 0.336 e. The van der Waals surface area contributed by atoms with Crippen LogP contribution in [0.15, 0.2) is 58.8 Å². The van der Waals surface area contributed by atoms with Crippen molar-refractivity contribution in [3.8, 4) is 0 Å². The van der Waals surface area contributed by atoms with E-state index in [4.69, 9.17) is 14.2 Å². The second-order valence-electron chi connectivity index (χ2n) is 13.5. The summed E-state index contributed by atoms with van der Waals surface area (Å²) in [5, 5.41) is 29.7.